The molecule has 30 heavy (non-hydrogen) atoms. The van der Waals surface area contributed by atoms with E-state index in [0.717, 1.165) is 28.6 Å². The first-order valence-electron chi connectivity index (χ1n) is 9.50. The highest BCUT2D eigenvalue weighted by atomic mass is 32.1. The average Bonchev–Trinajstić information content (AvgIpc) is 3.34. The van der Waals surface area contributed by atoms with Gasteiger partial charge in [-0.2, -0.15) is 9.61 Å². The number of methoxy groups -OCH3 is 1. The lowest BCUT2D eigenvalue weighted by Gasteiger charge is -2.12. The van der Waals surface area contributed by atoms with Gasteiger partial charge in [0.15, 0.2) is 5.82 Å². The van der Waals surface area contributed by atoms with Crippen LogP contribution in [0.25, 0.3) is 15.5 Å². The van der Waals surface area contributed by atoms with Crippen LogP contribution in [-0.4, -0.2) is 39.4 Å². The van der Waals surface area contributed by atoms with Gasteiger partial charge in [0.25, 0.3) is 5.91 Å². The van der Waals surface area contributed by atoms with E-state index < -0.39 is 0 Å². The van der Waals surface area contributed by atoms with E-state index in [2.05, 4.69) is 20.6 Å². The summed E-state index contributed by atoms with van der Waals surface area (Å²) in [5.74, 6) is 1.79. The Morgan fingerprint density at radius 1 is 1.17 bits per heavy atom. The number of nitrogens with zero attached hydrogens (tertiary/aromatic N) is 4. The van der Waals surface area contributed by atoms with Gasteiger partial charge in [0, 0.05) is 11.1 Å². The number of hydrogen-bond donors (Lipinski definition) is 1. The minimum atomic E-state index is -0.235. The van der Waals surface area contributed by atoms with Gasteiger partial charge in [0.2, 0.25) is 4.96 Å². The highest BCUT2D eigenvalue weighted by molar-refractivity contribution is 7.19. The molecule has 0 fully saturated rings. The summed E-state index contributed by atoms with van der Waals surface area (Å²) in [5.41, 5.74) is 1.94. The van der Waals surface area contributed by atoms with Gasteiger partial charge in [0.05, 0.1) is 19.4 Å². The van der Waals surface area contributed by atoms with Crippen molar-refractivity contribution in [2.45, 2.75) is 20.3 Å². The number of aromatic nitrogens is 4. The molecular formula is C21H21N5O3S. The fourth-order valence-corrected chi connectivity index (χ4v) is 3.77. The zero-order valence-corrected chi connectivity index (χ0v) is 17.7. The van der Waals surface area contributed by atoms with E-state index in [1.54, 1.807) is 35.9 Å². The number of anilines is 1. The van der Waals surface area contributed by atoms with Crippen LogP contribution in [0.2, 0.25) is 0 Å². The molecule has 0 saturated heterocycles. The highest BCUT2D eigenvalue weighted by Crippen LogP contribution is 2.33. The largest absolute Gasteiger partial charge is 0.495 e. The highest BCUT2D eigenvalue weighted by Gasteiger charge is 2.15. The SMILES string of the molecule is CCCOc1ccc(C(=O)Nc2cc(-c3nn4c(C)nnc4s3)ccc2OC)cc1. The van der Waals surface area contributed by atoms with E-state index in [1.165, 1.54) is 11.3 Å². The summed E-state index contributed by atoms with van der Waals surface area (Å²) in [6.07, 6.45) is 0.930. The van der Waals surface area contributed by atoms with E-state index in [0.29, 0.717) is 28.6 Å². The van der Waals surface area contributed by atoms with Gasteiger partial charge in [-0.1, -0.05) is 18.3 Å². The van der Waals surface area contributed by atoms with Gasteiger partial charge >= 0.3 is 0 Å². The normalized spacial score (nSPS) is 10.9. The predicted octanol–water partition coefficient (Wildman–Crippen LogP) is 4.21. The molecule has 2 aromatic heterocycles. The lowest BCUT2D eigenvalue weighted by atomic mass is 10.1. The molecule has 0 aliphatic carbocycles. The Labute approximate surface area is 177 Å². The number of fused-ring (bicyclic) bond motifs is 1. The molecule has 2 heterocycles. The molecular weight excluding hydrogens is 402 g/mol. The first kappa shape index (κ1) is 19.8. The zero-order chi connectivity index (χ0) is 21.1. The Morgan fingerprint density at radius 2 is 1.97 bits per heavy atom. The number of carbonyl (C=O) groups is 1. The number of aryl methyl sites for hydroxylation is 1. The molecule has 0 spiro atoms. The van der Waals surface area contributed by atoms with Gasteiger partial charge in [-0.3, -0.25) is 4.79 Å². The van der Waals surface area contributed by atoms with Crippen molar-refractivity contribution in [3.63, 3.8) is 0 Å². The second-order valence-electron chi connectivity index (χ2n) is 6.59. The number of nitrogens with one attached hydrogen (secondary N) is 1. The summed E-state index contributed by atoms with van der Waals surface area (Å²) in [6, 6.07) is 12.6. The zero-order valence-electron chi connectivity index (χ0n) is 16.9. The van der Waals surface area contributed by atoms with Gasteiger partial charge in [-0.15, -0.1) is 10.2 Å². The van der Waals surface area contributed by atoms with Gasteiger partial charge < -0.3 is 14.8 Å². The molecule has 1 amide bonds. The molecule has 0 bridgehead atoms. The van der Waals surface area contributed by atoms with E-state index in [1.807, 2.05) is 32.0 Å². The smallest absolute Gasteiger partial charge is 0.255 e. The molecule has 0 unspecified atom stereocenters. The topological polar surface area (TPSA) is 90.6 Å². The monoisotopic (exact) mass is 423 g/mol. The lowest BCUT2D eigenvalue weighted by molar-refractivity contribution is 0.102. The van der Waals surface area contributed by atoms with E-state index in [-0.39, 0.29) is 5.91 Å². The summed E-state index contributed by atoms with van der Waals surface area (Å²) in [6.45, 7) is 4.54. The number of amides is 1. The maximum absolute atomic E-state index is 12.8. The average molecular weight is 423 g/mol. The number of rotatable bonds is 7. The van der Waals surface area contributed by atoms with Crippen molar-refractivity contribution in [2.24, 2.45) is 0 Å². The third-order valence-electron chi connectivity index (χ3n) is 4.43. The van der Waals surface area contributed by atoms with Crippen LogP contribution >= 0.6 is 11.3 Å². The maximum atomic E-state index is 12.8. The molecule has 154 valence electrons. The summed E-state index contributed by atoms with van der Waals surface area (Å²) >= 11 is 1.43. The van der Waals surface area contributed by atoms with Crippen LogP contribution in [0.15, 0.2) is 42.5 Å². The van der Waals surface area contributed by atoms with E-state index in [9.17, 15) is 4.79 Å². The molecule has 2 aromatic carbocycles. The third-order valence-corrected chi connectivity index (χ3v) is 5.38. The Bertz CT molecular complexity index is 1180. The van der Waals surface area contributed by atoms with Crippen LogP contribution in [0.4, 0.5) is 5.69 Å². The first-order chi connectivity index (χ1) is 14.6. The minimum Gasteiger partial charge on any atom is -0.495 e. The van der Waals surface area contributed by atoms with Crippen molar-refractivity contribution in [3.05, 3.63) is 53.9 Å². The molecule has 8 nitrogen and oxygen atoms in total. The van der Waals surface area contributed by atoms with Crippen LogP contribution in [0.3, 0.4) is 0 Å². The van der Waals surface area contributed by atoms with Crippen LogP contribution in [0.1, 0.15) is 29.5 Å². The lowest BCUT2D eigenvalue weighted by Crippen LogP contribution is -2.12. The molecule has 0 aliphatic rings. The Hall–Kier alpha value is -3.46. The molecule has 4 aromatic rings. The Morgan fingerprint density at radius 3 is 2.67 bits per heavy atom. The van der Waals surface area contributed by atoms with Crippen molar-refractivity contribution < 1.29 is 14.3 Å². The second-order valence-corrected chi connectivity index (χ2v) is 7.55. The Kier molecular flexibility index (Phi) is 5.62. The summed E-state index contributed by atoms with van der Waals surface area (Å²) in [7, 11) is 1.57. The van der Waals surface area contributed by atoms with Gasteiger partial charge in [0.1, 0.15) is 16.5 Å². The van der Waals surface area contributed by atoms with Gasteiger partial charge in [-0.25, -0.2) is 0 Å². The number of ether oxygens (including phenoxy) is 2. The summed E-state index contributed by atoms with van der Waals surface area (Å²) in [5, 5.41) is 16.4. The van der Waals surface area contributed by atoms with E-state index >= 15 is 0 Å². The number of hydrogen-bond acceptors (Lipinski definition) is 7. The quantitative estimate of drug-likeness (QED) is 0.479. The summed E-state index contributed by atoms with van der Waals surface area (Å²) < 4.78 is 12.7. The van der Waals surface area contributed by atoms with Crippen molar-refractivity contribution in [1.82, 2.24) is 19.8 Å². The van der Waals surface area contributed by atoms with Crippen molar-refractivity contribution >= 4 is 27.9 Å². The Balaban J connectivity index is 1.58. The molecule has 0 atom stereocenters. The van der Waals surface area contributed by atoms with Crippen LogP contribution in [0.5, 0.6) is 11.5 Å². The van der Waals surface area contributed by atoms with Crippen molar-refractivity contribution in [3.8, 4) is 22.1 Å². The summed E-state index contributed by atoms with van der Waals surface area (Å²) in [4.78, 5) is 13.5. The molecule has 0 radical (unpaired) electrons. The molecule has 9 heteroatoms. The first-order valence-corrected chi connectivity index (χ1v) is 10.3. The number of carbonyl (C=O) groups excluding carboxylic acids is 1. The molecule has 4 rings (SSSR count). The van der Waals surface area contributed by atoms with Gasteiger partial charge in [-0.05, 0) is 55.8 Å². The van der Waals surface area contributed by atoms with Crippen LogP contribution in [0, 0.1) is 6.92 Å². The van der Waals surface area contributed by atoms with E-state index in [4.69, 9.17) is 9.47 Å². The number of benzene rings is 2. The van der Waals surface area contributed by atoms with Crippen LogP contribution in [-0.2, 0) is 0 Å². The minimum absolute atomic E-state index is 0.235. The molecule has 0 saturated carbocycles. The standard InChI is InChI=1S/C21H21N5O3S/c1-4-11-29-16-8-5-14(6-9-16)19(27)22-17-12-15(7-10-18(17)28-3)20-25-26-13(2)23-24-21(26)30-20/h5-10,12H,4,11H2,1-3H3,(H,22,27). The fourth-order valence-electron chi connectivity index (χ4n) is 2.89. The fraction of sp³-hybridized carbons (Fsp3) is 0.238. The third kappa shape index (κ3) is 3.97. The van der Waals surface area contributed by atoms with Crippen molar-refractivity contribution in [1.29, 1.82) is 0 Å². The second kappa shape index (κ2) is 8.50. The van der Waals surface area contributed by atoms with Crippen LogP contribution < -0.4 is 14.8 Å². The maximum Gasteiger partial charge on any atom is 0.255 e. The van der Waals surface area contributed by atoms with Crippen molar-refractivity contribution in [2.75, 3.05) is 19.0 Å². The molecule has 1 N–H and O–H groups in total. The predicted molar refractivity (Wildman–Crippen MR) is 116 cm³/mol. The molecule has 0 aliphatic heterocycles.